The molecule has 0 saturated carbocycles. The second kappa shape index (κ2) is 14.0. The number of guanidine groups is 1. The van der Waals surface area contributed by atoms with Crippen LogP contribution in [0.4, 0.5) is 0 Å². The third-order valence-electron chi connectivity index (χ3n) is 4.42. The minimum Gasteiger partial charge on any atom is -0.357 e. The van der Waals surface area contributed by atoms with Gasteiger partial charge >= 0.3 is 0 Å². The lowest BCUT2D eigenvalue weighted by molar-refractivity contribution is -0.120. The van der Waals surface area contributed by atoms with Crippen LogP contribution in [-0.2, 0) is 4.79 Å². The first-order valence-corrected chi connectivity index (χ1v) is 10.2. The Hall–Kier alpha value is -2.08. The molecule has 0 fully saturated rings. The third kappa shape index (κ3) is 8.91. The fourth-order valence-electron chi connectivity index (χ4n) is 2.94. The van der Waals surface area contributed by atoms with E-state index in [4.69, 9.17) is 4.99 Å². The second-order valence-electron chi connectivity index (χ2n) is 6.39. The fraction of sp³-hybridized carbons (Fsp3) is 0.619. The second-order valence-corrected chi connectivity index (χ2v) is 6.39. The lowest BCUT2D eigenvalue weighted by atomic mass is 10.1. The Morgan fingerprint density at radius 1 is 1.00 bits per heavy atom. The summed E-state index contributed by atoms with van der Waals surface area (Å²) >= 11 is 0. The molecular weight excluding hydrogens is 338 g/mol. The molecule has 6 heteroatoms. The van der Waals surface area contributed by atoms with Gasteiger partial charge in [0.15, 0.2) is 5.96 Å². The molecule has 0 spiro atoms. The fourth-order valence-corrected chi connectivity index (χ4v) is 2.94. The smallest absolute Gasteiger partial charge is 0.221 e. The van der Waals surface area contributed by atoms with Crippen molar-refractivity contribution in [3.8, 4) is 0 Å². The maximum absolute atomic E-state index is 11.7. The van der Waals surface area contributed by atoms with Crippen LogP contribution in [0.15, 0.2) is 35.3 Å². The van der Waals surface area contributed by atoms with E-state index in [0.29, 0.717) is 19.5 Å². The van der Waals surface area contributed by atoms with Crippen molar-refractivity contribution in [2.24, 2.45) is 4.99 Å². The van der Waals surface area contributed by atoms with Gasteiger partial charge < -0.3 is 16.0 Å². The molecule has 152 valence electrons. The number of hydrogen-bond acceptors (Lipinski definition) is 3. The first-order chi connectivity index (χ1) is 13.2. The van der Waals surface area contributed by atoms with E-state index >= 15 is 0 Å². The quantitative estimate of drug-likeness (QED) is 0.388. The minimum absolute atomic E-state index is 0.0745. The number of aliphatic imine (C=N–C) groups is 1. The zero-order valence-electron chi connectivity index (χ0n) is 17.4. The number of carbonyl (C=O) groups excluding carboxylic acids is 1. The number of carbonyl (C=O) groups is 1. The highest BCUT2D eigenvalue weighted by Crippen LogP contribution is 2.20. The topological polar surface area (TPSA) is 68.8 Å². The highest BCUT2D eigenvalue weighted by Gasteiger charge is 2.17. The first kappa shape index (κ1) is 23.0. The predicted molar refractivity (Wildman–Crippen MR) is 114 cm³/mol. The van der Waals surface area contributed by atoms with E-state index < -0.39 is 0 Å². The van der Waals surface area contributed by atoms with Gasteiger partial charge in [0, 0.05) is 26.1 Å². The van der Waals surface area contributed by atoms with Crippen LogP contribution in [0.2, 0.25) is 0 Å². The van der Waals surface area contributed by atoms with Gasteiger partial charge in [-0.25, -0.2) is 0 Å². The lowest BCUT2D eigenvalue weighted by Crippen LogP contribution is -2.40. The van der Waals surface area contributed by atoms with E-state index in [0.717, 1.165) is 38.6 Å². The van der Waals surface area contributed by atoms with Crippen LogP contribution in [0.1, 0.15) is 52.1 Å². The van der Waals surface area contributed by atoms with Crippen molar-refractivity contribution in [2.45, 2.75) is 46.6 Å². The summed E-state index contributed by atoms with van der Waals surface area (Å²) in [6, 6.07) is 10.8. The summed E-state index contributed by atoms with van der Waals surface area (Å²) in [5.41, 5.74) is 1.28. The number of nitrogens with one attached hydrogen (secondary N) is 3. The zero-order chi connectivity index (χ0) is 19.9. The summed E-state index contributed by atoms with van der Waals surface area (Å²) in [4.78, 5) is 18.9. The van der Waals surface area contributed by atoms with Crippen LogP contribution < -0.4 is 16.0 Å². The van der Waals surface area contributed by atoms with Crippen molar-refractivity contribution < 1.29 is 4.79 Å². The molecule has 27 heavy (non-hydrogen) atoms. The van der Waals surface area contributed by atoms with Gasteiger partial charge in [-0.15, -0.1) is 0 Å². The van der Waals surface area contributed by atoms with Crippen LogP contribution in [0.5, 0.6) is 0 Å². The minimum atomic E-state index is 0.0745. The molecule has 0 aliphatic heterocycles. The van der Waals surface area contributed by atoms with Gasteiger partial charge in [0.2, 0.25) is 5.91 Å². The van der Waals surface area contributed by atoms with Crippen molar-refractivity contribution in [1.82, 2.24) is 20.9 Å². The highest BCUT2D eigenvalue weighted by molar-refractivity contribution is 5.81. The summed E-state index contributed by atoms with van der Waals surface area (Å²) < 4.78 is 0. The maximum Gasteiger partial charge on any atom is 0.221 e. The van der Waals surface area contributed by atoms with Crippen molar-refractivity contribution in [2.75, 3.05) is 39.3 Å². The number of amides is 1. The molecule has 1 unspecified atom stereocenters. The predicted octanol–water partition coefficient (Wildman–Crippen LogP) is 2.54. The Morgan fingerprint density at radius 3 is 2.30 bits per heavy atom. The molecule has 0 aliphatic carbocycles. The summed E-state index contributed by atoms with van der Waals surface area (Å²) in [5, 5.41) is 9.43. The third-order valence-corrected chi connectivity index (χ3v) is 4.42. The highest BCUT2D eigenvalue weighted by atomic mass is 16.1. The monoisotopic (exact) mass is 375 g/mol. The van der Waals surface area contributed by atoms with E-state index in [1.54, 1.807) is 0 Å². The lowest BCUT2D eigenvalue weighted by Gasteiger charge is -2.29. The van der Waals surface area contributed by atoms with Gasteiger partial charge in [-0.05, 0) is 32.0 Å². The van der Waals surface area contributed by atoms with Crippen LogP contribution in [0.25, 0.3) is 0 Å². The maximum atomic E-state index is 11.7. The summed E-state index contributed by atoms with van der Waals surface area (Å²) in [6.45, 7) is 13.2. The van der Waals surface area contributed by atoms with Crippen molar-refractivity contribution in [3.05, 3.63) is 35.9 Å². The summed E-state index contributed by atoms with van der Waals surface area (Å²) in [5.74, 6) is 0.833. The number of benzene rings is 1. The summed E-state index contributed by atoms with van der Waals surface area (Å²) in [6.07, 6.45) is 1.40. The number of hydrogen-bond donors (Lipinski definition) is 3. The Kier molecular flexibility index (Phi) is 11.9. The van der Waals surface area contributed by atoms with E-state index in [1.165, 1.54) is 5.56 Å². The molecule has 1 amide bonds. The molecule has 1 aromatic rings. The van der Waals surface area contributed by atoms with E-state index in [9.17, 15) is 4.79 Å². The van der Waals surface area contributed by atoms with Gasteiger partial charge in [-0.3, -0.25) is 14.7 Å². The largest absolute Gasteiger partial charge is 0.357 e. The van der Waals surface area contributed by atoms with Gasteiger partial charge in [0.25, 0.3) is 0 Å². The average Bonchev–Trinajstić information content (AvgIpc) is 2.70. The molecule has 3 N–H and O–H groups in total. The molecule has 0 saturated heterocycles. The van der Waals surface area contributed by atoms with E-state index in [2.05, 4.69) is 59.0 Å². The average molecular weight is 376 g/mol. The molecule has 1 atom stereocenters. The molecule has 0 bridgehead atoms. The van der Waals surface area contributed by atoms with Gasteiger partial charge in [0.1, 0.15) is 0 Å². The van der Waals surface area contributed by atoms with Crippen molar-refractivity contribution >= 4 is 11.9 Å². The van der Waals surface area contributed by atoms with Crippen LogP contribution in [0.3, 0.4) is 0 Å². The Bertz CT molecular complexity index is 543. The first-order valence-electron chi connectivity index (χ1n) is 10.2. The van der Waals surface area contributed by atoms with Crippen LogP contribution in [-0.4, -0.2) is 56.0 Å². The summed E-state index contributed by atoms with van der Waals surface area (Å²) in [7, 11) is 0. The normalized spacial score (nSPS) is 12.7. The number of rotatable bonds is 12. The van der Waals surface area contributed by atoms with Gasteiger partial charge in [-0.2, -0.15) is 0 Å². The van der Waals surface area contributed by atoms with Crippen LogP contribution in [0, 0.1) is 0 Å². The Morgan fingerprint density at radius 2 is 1.70 bits per heavy atom. The zero-order valence-corrected chi connectivity index (χ0v) is 17.4. The molecule has 1 rings (SSSR count). The Labute approximate surface area is 164 Å². The van der Waals surface area contributed by atoms with Crippen molar-refractivity contribution in [1.29, 1.82) is 0 Å². The molecular formula is C21H37N5O. The Balaban J connectivity index is 2.72. The molecule has 0 aromatic heterocycles. The molecule has 6 nitrogen and oxygen atoms in total. The molecule has 0 aliphatic rings. The van der Waals surface area contributed by atoms with E-state index in [-0.39, 0.29) is 11.9 Å². The van der Waals surface area contributed by atoms with Gasteiger partial charge in [0.05, 0.1) is 12.6 Å². The van der Waals surface area contributed by atoms with Gasteiger partial charge in [-0.1, -0.05) is 51.1 Å². The van der Waals surface area contributed by atoms with Crippen molar-refractivity contribution in [3.63, 3.8) is 0 Å². The molecule has 0 heterocycles. The number of likely N-dealkylation sites (N-methyl/N-ethyl adjacent to an activating group) is 1. The molecule has 1 aromatic carbocycles. The standard InChI is InChI=1S/C21H37N5O/c1-5-15-23-20(27)14-16-24-21(22-6-2)25-17-19(26(7-3)8-4)18-12-10-9-11-13-18/h9-13,19H,5-8,14-17H2,1-4H3,(H,23,27)(H2,22,24,25). The number of nitrogens with zero attached hydrogens (tertiary/aromatic N) is 2. The molecule has 0 radical (unpaired) electrons. The SMILES string of the molecule is CCCNC(=O)CCNC(=NCC(c1ccccc1)N(CC)CC)NCC. The van der Waals surface area contributed by atoms with E-state index in [1.807, 2.05) is 19.9 Å². The van der Waals surface area contributed by atoms with Crippen LogP contribution >= 0.6 is 0 Å².